The van der Waals surface area contributed by atoms with Gasteiger partial charge in [0.05, 0.1) is 10.8 Å². The molecule has 0 saturated carbocycles. The minimum Gasteiger partial charge on any atom is -0.481 e. The van der Waals surface area contributed by atoms with Crippen molar-refractivity contribution in [3.05, 3.63) is 33.2 Å². The van der Waals surface area contributed by atoms with Crippen molar-refractivity contribution in [3.8, 4) is 0 Å². The number of thiophene rings is 1. The second kappa shape index (κ2) is 6.49. The quantitative estimate of drug-likeness (QED) is 0.520. The van der Waals surface area contributed by atoms with E-state index in [1.165, 1.54) is 23.1 Å². The van der Waals surface area contributed by atoms with E-state index in [-0.39, 0.29) is 17.5 Å². The summed E-state index contributed by atoms with van der Waals surface area (Å²) < 4.78 is 0. The standard InChI is InChI=1S/C13H14N2O5S/c16-11(14-7-1-2-9(8-14)13(17)18)5-3-10-4-6-12(21-10)15(19)20/h3-6,9H,1-2,7-8H2,(H,17,18)/b5-3+. The molecule has 1 atom stereocenters. The van der Waals surface area contributed by atoms with Gasteiger partial charge in [0.1, 0.15) is 0 Å². The summed E-state index contributed by atoms with van der Waals surface area (Å²) >= 11 is 0.984. The second-order valence-electron chi connectivity index (χ2n) is 4.73. The molecule has 0 radical (unpaired) electrons. The van der Waals surface area contributed by atoms with Gasteiger partial charge in [0, 0.05) is 30.1 Å². The van der Waals surface area contributed by atoms with Crippen molar-refractivity contribution in [3.63, 3.8) is 0 Å². The number of carbonyl (C=O) groups is 2. The van der Waals surface area contributed by atoms with E-state index in [4.69, 9.17) is 5.11 Å². The van der Waals surface area contributed by atoms with Crippen LogP contribution in [-0.2, 0) is 9.59 Å². The van der Waals surface area contributed by atoms with Crippen LogP contribution >= 0.6 is 11.3 Å². The summed E-state index contributed by atoms with van der Waals surface area (Å²) in [4.78, 5) is 35.1. The molecule has 1 saturated heterocycles. The fourth-order valence-electron chi connectivity index (χ4n) is 2.17. The zero-order valence-corrected chi connectivity index (χ0v) is 11.9. The molecule has 1 aromatic heterocycles. The maximum atomic E-state index is 12.0. The average molecular weight is 310 g/mol. The normalized spacial score (nSPS) is 18.9. The number of nitro groups is 1. The van der Waals surface area contributed by atoms with Crippen LogP contribution in [0.5, 0.6) is 0 Å². The molecule has 0 aromatic carbocycles. The number of amides is 1. The highest BCUT2D eigenvalue weighted by molar-refractivity contribution is 7.16. The fourth-order valence-corrected chi connectivity index (χ4v) is 2.89. The molecule has 1 aromatic rings. The van der Waals surface area contributed by atoms with E-state index in [1.807, 2.05) is 0 Å². The van der Waals surface area contributed by atoms with Gasteiger partial charge in [-0.2, -0.15) is 0 Å². The Balaban J connectivity index is 1.98. The van der Waals surface area contributed by atoms with Gasteiger partial charge in [0.2, 0.25) is 5.91 Å². The van der Waals surface area contributed by atoms with Crippen LogP contribution in [0.3, 0.4) is 0 Å². The maximum Gasteiger partial charge on any atom is 0.324 e. The van der Waals surface area contributed by atoms with Crippen molar-refractivity contribution in [2.75, 3.05) is 13.1 Å². The lowest BCUT2D eigenvalue weighted by Crippen LogP contribution is -2.41. The molecular formula is C13H14N2O5S. The van der Waals surface area contributed by atoms with E-state index in [9.17, 15) is 19.7 Å². The Morgan fingerprint density at radius 3 is 2.86 bits per heavy atom. The molecule has 0 aliphatic carbocycles. The topological polar surface area (TPSA) is 101 Å². The zero-order valence-electron chi connectivity index (χ0n) is 11.1. The molecule has 7 nitrogen and oxygen atoms in total. The van der Waals surface area contributed by atoms with Crippen LogP contribution < -0.4 is 0 Å². The van der Waals surface area contributed by atoms with Gasteiger partial charge in [0.15, 0.2) is 0 Å². The van der Waals surface area contributed by atoms with Crippen molar-refractivity contribution in [2.24, 2.45) is 5.92 Å². The van der Waals surface area contributed by atoms with Crippen LogP contribution in [0.1, 0.15) is 17.7 Å². The number of aliphatic carboxylic acids is 1. The van der Waals surface area contributed by atoms with Crippen molar-refractivity contribution in [1.82, 2.24) is 4.90 Å². The first kappa shape index (κ1) is 15.2. The molecule has 1 aliphatic heterocycles. The van der Waals surface area contributed by atoms with Gasteiger partial charge in [0.25, 0.3) is 0 Å². The summed E-state index contributed by atoms with van der Waals surface area (Å²) in [6, 6.07) is 2.96. The van der Waals surface area contributed by atoms with Gasteiger partial charge in [-0.25, -0.2) is 0 Å². The van der Waals surface area contributed by atoms with Crippen LogP contribution in [0.4, 0.5) is 5.00 Å². The SMILES string of the molecule is O=C(O)C1CCCN(C(=O)/C=C/c2ccc([N+](=O)[O-])s2)C1. The second-order valence-corrected chi connectivity index (χ2v) is 5.82. The van der Waals surface area contributed by atoms with Crippen molar-refractivity contribution < 1.29 is 19.6 Å². The molecule has 0 spiro atoms. The van der Waals surface area contributed by atoms with E-state index < -0.39 is 16.8 Å². The minimum absolute atomic E-state index is 0.0195. The molecule has 1 aliphatic rings. The summed E-state index contributed by atoms with van der Waals surface area (Å²) in [6.07, 6.45) is 4.10. The predicted molar refractivity (Wildman–Crippen MR) is 76.9 cm³/mol. The summed E-state index contributed by atoms with van der Waals surface area (Å²) in [5.41, 5.74) is 0. The third-order valence-electron chi connectivity index (χ3n) is 3.27. The number of hydrogen-bond donors (Lipinski definition) is 1. The molecule has 0 bridgehead atoms. The van der Waals surface area contributed by atoms with Gasteiger partial charge < -0.3 is 10.0 Å². The van der Waals surface area contributed by atoms with Crippen molar-refractivity contribution >= 4 is 34.3 Å². The average Bonchev–Trinajstić information content (AvgIpc) is 2.94. The third-order valence-corrected chi connectivity index (χ3v) is 4.27. The Morgan fingerprint density at radius 1 is 1.48 bits per heavy atom. The highest BCUT2D eigenvalue weighted by Gasteiger charge is 2.27. The lowest BCUT2D eigenvalue weighted by molar-refractivity contribution is -0.380. The van der Waals surface area contributed by atoms with Gasteiger partial charge in [-0.15, -0.1) is 0 Å². The van der Waals surface area contributed by atoms with Gasteiger partial charge in [-0.3, -0.25) is 19.7 Å². The number of carboxylic acid groups (broad SMARTS) is 1. The number of carbonyl (C=O) groups excluding carboxylic acids is 1. The highest BCUT2D eigenvalue weighted by Crippen LogP contribution is 2.25. The summed E-state index contributed by atoms with van der Waals surface area (Å²) in [5.74, 6) is -1.67. The Labute approximate surface area is 124 Å². The van der Waals surface area contributed by atoms with Gasteiger partial charge in [-0.1, -0.05) is 11.3 Å². The number of carboxylic acids is 1. The lowest BCUT2D eigenvalue weighted by atomic mass is 9.98. The molecular weight excluding hydrogens is 296 g/mol. The largest absolute Gasteiger partial charge is 0.481 e. The zero-order chi connectivity index (χ0) is 15.4. The monoisotopic (exact) mass is 310 g/mol. The van der Waals surface area contributed by atoms with E-state index in [1.54, 1.807) is 6.07 Å². The number of likely N-dealkylation sites (tertiary alicyclic amines) is 1. The molecule has 1 unspecified atom stereocenters. The van der Waals surface area contributed by atoms with Crippen LogP contribution in [0, 0.1) is 16.0 Å². The van der Waals surface area contributed by atoms with Crippen molar-refractivity contribution in [2.45, 2.75) is 12.8 Å². The first-order valence-corrected chi connectivity index (χ1v) is 7.23. The first-order chi connectivity index (χ1) is 9.97. The maximum absolute atomic E-state index is 12.0. The highest BCUT2D eigenvalue weighted by atomic mass is 32.1. The Kier molecular flexibility index (Phi) is 4.69. The smallest absolute Gasteiger partial charge is 0.324 e. The predicted octanol–water partition coefficient (Wildman–Crippen LogP) is 1.99. The van der Waals surface area contributed by atoms with Gasteiger partial charge in [-0.05, 0) is 25.0 Å². The van der Waals surface area contributed by atoms with Crippen LogP contribution in [0.15, 0.2) is 18.2 Å². The molecule has 112 valence electrons. The summed E-state index contributed by atoms with van der Waals surface area (Å²) in [5, 5.41) is 19.6. The van der Waals surface area contributed by atoms with E-state index in [2.05, 4.69) is 0 Å². The Bertz CT molecular complexity index is 595. The molecule has 8 heteroatoms. The van der Waals surface area contributed by atoms with E-state index in [0.717, 1.165) is 11.3 Å². The molecule has 1 fully saturated rings. The molecule has 21 heavy (non-hydrogen) atoms. The molecule has 2 heterocycles. The van der Waals surface area contributed by atoms with Crippen LogP contribution in [0.2, 0.25) is 0 Å². The van der Waals surface area contributed by atoms with Crippen LogP contribution in [-0.4, -0.2) is 39.9 Å². The van der Waals surface area contributed by atoms with E-state index in [0.29, 0.717) is 24.3 Å². The number of nitrogens with zero attached hydrogens (tertiary/aromatic N) is 2. The number of rotatable bonds is 4. The Morgan fingerprint density at radius 2 is 2.24 bits per heavy atom. The molecule has 1 amide bonds. The van der Waals surface area contributed by atoms with Crippen LogP contribution in [0.25, 0.3) is 6.08 Å². The van der Waals surface area contributed by atoms with Crippen molar-refractivity contribution in [1.29, 1.82) is 0 Å². The molecule has 1 N–H and O–H groups in total. The minimum atomic E-state index is -0.884. The van der Waals surface area contributed by atoms with Gasteiger partial charge >= 0.3 is 11.0 Å². The Hall–Kier alpha value is -2.22. The summed E-state index contributed by atoms with van der Waals surface area (Å²) in [6.45, 7) is 0.751. The first-order valence-electron chi connectivity index (χ1n) is 6.41. The third kappa shape index (κ3) is 3.88. The number of hydrogen-bond acceptors (Lipinski definition) is 5. The van der Waals surface area contributed by atoms with E-state index >= 15 is 0 Å². The summed E-state index contributed by atoms with van der Waals surface area (Å²) in [7, 11) is 0. The molecule has 2 rings (SSSR count). The fraction of sp³-hybridized carbons (Fsp3) is 0.385. The lowest BCUT2D eigenvalue weighted by Gasteiger charge is -2.29. The number of piperidine rings is 1.